The van der Waals surface area contributed by atoms with Crippen molar-refractivity contribution in [2.75, 3.05) is 13.7 Å². The summed E-state index contributed by atoms with van der Waals surface area (Å²) >= 11 is 0. The Morgan fingerprint density at radius 2 is 1.85 bits per heavy atom. The molecule has 0 fully saturated rings. The zero-order valence-corrected chi connectivity index (χ0v) is 14.1. The quantitative estimate of drug-likeness (QED) is 0.372. The van der Waals surface area contributed by atoms with E-state index >= 15 is 0 Å². The van der Waals surface area contributed by atoms with E-state index in [1.54, 1.807) is 0 Å². The van der Waals surface area contributed by atoms with Gasteiger partial charge in [-0.15, -0.1) is 0 Å². The molecule has 2 aromatic rings. The number of benzene rings is 2. The Labute approximate surface area is 152 Å². The van der Waals surface area contributed by atoms with E-state index in [-0.39, 0.29) is 29.5 Å². The van der Waals surface area contributed by atoms with Crippen molar-refractivity contribution in [2.24, 2.45) is 0 Å². The number of ether oxygens (including phenoxy) is 4. The van der Waals surface area contributed by atoms with Crippen LogP contribution in [0.1, 0.15) is 5.56 Å². The van der Waals surface area contributed by atoms with Gasteiger partial charge in [-0.2, -0.15) is 8.78 Å². The van der Waals surface area contributed by atoms with Crippen molar-refractivity contribution in [1.82, 2.24) is 0 Å². The number of hydrogen-bond donors (Lipinski definition) is 0. The van der Waals surface area contributed by atoms with Gasteiger partial charge in [0, 0.05) is 12.1 Å². The van der Waals surface area contributed by atoms with Crippen LogP contribution in [0.4, 0.5) is 14.5 Å². The number of non-ortho nitro benzene ring substituents is 1. The fourth-order valence-corrected chi connectivity index (χ4v) is 2.01. The van der Waals surface area contributed by atoms with Crippen molar-refractivity contribution in [3.63, 3.8) is 0 Å². The van der Waals surface area contributed by atoms with Crippen molar-refractivity contribution < 1.29 is 37.4 Å². The minimum Gasteiger partial charge on any atom is -0.493 e. The Kier molecular flexibility index (Phi) is 6.86. The van der Waals surface area contributed by atoms with Gasteiger partial charge in [0.05, 0.1) is 12.0 Å². The Morgan fingerprint density at radius 3 is 2.44 bits per heavy atom. The summed E-state index contributed by atoms with van der Waals surface area (Å²) in [5.41, 5.74) is 0.398. The first-order chi connectivity index (χ1) is 12.9. The average Bonchev–Trinajstić information content (AvgIpc) is 2.65. The number of hydrogen-bond acceptors (Lipinski definition) is 7. The van der Waals surface area contributed by atoms with Crippen LogP contribution in [0.2, 0.25) is 0 Å². The highest BCUT2D eigenvalue weighted by Crippen LogP contribution is 2.29. The molecule has 10 heteroatoms. The van der Waals surface area contributed by atoms with Crippen LogP contribution in [-0.4, -0.2) is 31.2 Å². The number of nitro benzene ring substituents is 1. The number of alkyl halides is 2. The molecule has 8 nitrogen and oxygen atoms in total. The monoisotopic (exact) mass is 383 g/mol. The van der Waals surface area contributed by atoms with Gasteiger partial charge >= 0.3 is 12.6 Å². The predicted molar refractivity (Wildman–Crippen MR) is 88.0 cm³/mol. The van der Waals surface area contributed by atoms with E-state index in [0.29, 0.717) is 5.56 Å². The van der Waals surface area contributed by atoms with E-state index < -0.39 is 24.1 Å². The molecular formula is C17H15F2NO7. The Bertz CT molecular complexity index is 796. The highest BCUT2D eigenvalue weighted by atomic mass is 19.3. The predicted octanol–water partition coefficient (Wildman–Crippen LogP) is 3.33. The first-order valence-electron chi connectivity index (χ1n) is 7.53. The molecule has 0 heterocycles. The molecule has 0 aromatic heterocycles. The summed E-state index contributed by atoms with van der Waals surface area (Å²) in [6.07, 6.45) is 0. The largest absolute Gasteiger partial charge is 0.493 e. The normalized spacial score (nSPS) is 10.4. The van der Waals surface area contributed by atoms with E-state index in [4.69, 9.17) is 14.2 Å². The fraction of sp³-hybridized carbons (Fsp3) is 0.235. The van der Waals surface area contributed by atoms with Crippen molar-refractivity contribution in [2.45, 2.75) is 13.2 Å². The van der Waals surface area contributed by atoms with Gasteiger partial charge in [0.1, 0.15) is 12.4 Å². The van der Waals surface area contributed by atoms with E-state index in [9.17, 15) is 23.7 Å². The summed E-state index contributed by atoms with van der Waals surface area (Å²) in [6.45, 7) is -3.52. The summed E-state index contributed by atoms with van der Waals surface area (Å²) in [6, 6.07) is 9.34. The lowest BCUT2D eigenvalue weighted by atomic mass is 10.2. The highest BCUT2D eigenvalue weighted by Gasteiger charge is 2.12. The van der Waals surface area contributed by atoms with Crippen molar-refractivity contribution in [1.29, 1.82) is 0 Å². The number of nitrogens with zero attached hydrogens (tertiary/aromatic N) is 1. The smallest absolute Gasteiger partial charge is 0.387 e. The third-order valence-electron chi connectivity index (χ3n) is 3.25. The molecule has 0 saturated carbocycles. The average molecular weight is 383 g/mol. The van der Waals surface area contributed by atoms with Gasteiger partial charge in [-0.3, -0.25) is 10.1 Å². The molecule has 0 atom stereocenters. The maximum Gasteiger partial charge on any atom is 0.387 e. The standard InChI is InChI=1S/C17H15F2NO7/c1-24-15-8-11(2-7-14(15)27-17(18)19)9-26-16(21)10-25-13-5-3-12(4-6-13)20(22)23/h2-8,17H,9-10H2,1H3. The molecule has 144 valence electrons. The van der Waals surface area contributed by atoms with Gasteiger partial charge in [0.2, 0.25) is 0 Å². The van der Waals surface area contributed by atoms with Gasteiger partial charge in [0.15, 0.2) is 18.1 Å². The molecule has 0 saturated heterocycles. The van der Waals surface area contributed by atoms with Crippen LogP contribution in [0.15, 0.2) is 42.5 Å². The van der Waals surface area contributed by atoms with Gasteiger partial charge in [-0.25, -0.2) is 4.79 Å². The van der Waals surface area contributed by atoms with Crippen LogP contribution >= 0.6 is 0 Å². The molecule has 0 aliphatic carbocycles. The van der Waals surface area contributed by atoms with E-state index in [0.717, 1.165) is 0 Å². The zero-order chi connectivity index (χ0) is 19.8. The van der Waals surface area contributed by atoms with Crippen LogP contribution in [0.25, 0.3) is 0 Å². The van der Waals surface area contributed by atoms with E-state index in [1.165, 1.54) is 49.6 Å². The molecule has 0 aliphatic rings. The molecule has 0 unspecified atom stereocenters. The van der Waals surface area contributed by atoms with Gasteiger partial charge < -0.3 is 18.9 Å². The summed E-state index contributed by atoms with van der Waals surface area (Å²) < 4.78 is 44.0. The van der Waals surface area contributed by atoms with Crippen LogP contribution in [0, 0.1) is 10.1 Å². The van der Waals surface area contributed by atoms with Crippen molar-refractivity contribution in [3.05, 3.63) is 58.1 Å². The summed E-state index contributed by atoms with van der Waals surface area (Å²) in [7, 11) is 1.29. The van der Waals surface area contributed by atoms with Crippen LogP contribution in [0.3, 0.4) is 0 Å². The molecule has 0 spiro atoms. The third-order valence-corrected chi connectivity index (χ3v) is 3.25. The zero-order valence-electron chi connectivity index (χ0n) is 14.1. The van der Waals surface area contributed by atoms with Gasteiger partial charge in [-0.05, 0) is 29.8 Å². The second-order valence-corrected chi connectivity index (χ2v) is 5.06. The minimum atomic E-state index is -2.99. The molecule has 0 N–H and O–H groups in total. The van der Waals surface area contributed by atoms with Crippen LogP contribution in [-0.2, 0) is 16.1 Å². The van der Waals surface area contributed by atoms with Crippen molar-refractivity contribution in [3.8, 4) is 17.2 Å². The van der Waals surface area contributed by atoms with Crippen LogP contribution < -0.4 is 14.2 Å². The molecule has 0 amide bonds. The summed E-state index contributed by atoms with van der Waals surface area (Å²) in [4.78, 5) is 21.7. The number of carbonyl (C=O) groups excluding carboxylic acids is 1. The number of esters is 1. The van der Waals surface area contributed by atoms with Gasteiger partial charge in [0.25, 0.3) is 5.69 Å². The lowest BCUT2D eigenvalue weighted by Crippen LogP contribution is -2.14. The molecule has 2 aromatic carbocycles. The first kappa shape index (κ1) is 19.9. The fourth-order valence-electron chi connectivity index (χ4n) is 2.01. The van der Waals surface area contributed by atoms with E-state index in [2.05, 4.69) is 4.74 Å². The second-order valence-electron chi connectivity index (χ2n) is 5.06. The van der Waals surface area contributed by atoms with E-state index in [1.807, 2.05) is 0 Å². The molecule has 0 radical (unpaired) electrons. The van der Waals surface area contributed by atoms with Gasteiger partial charge in [-0.1, -0.05) is 6.07 Å². The number of nitro groups is 1. The first-order valence-corrected chi connectivity index (χ1v) is 7.53. The number of rotatable bonds is 9. The third kappa shape index (κ3) is 6.10. The highest BCUT2D eigenvalue weighted by molar-refractivity contribution is 5.71. The topological polar surface area (TPSA) is 97.1 Å². The van der Waals surface area contributed by atoms with Crippen molar-refractivity contribution >= 4 is 11.7 Å². The Balaban J connectivity index is 1.85. The maximum absolute atomic E-state index is 12.3. The number of methoxy groups -OCH3 is 1. The number of carbonyl (C=O) groups is 1. The Hall–Kier alpha value is -3.43. The molecule has 2 rings (SSSR count). The molecule has 27 heavy (non-hydrogen) atoms. The lowest BCUT2D eigenvalue weighted by Gasteiger charge is -2.12. The van der Waals surface area contributed by atoms with Crippen LogP contribution in [0.5, 0.6) is 17.2 Å². The summed E-state index contributed by atoms with van der Waals surface area (Å²) in [5, 5.41) is 10.6. The number of halogens is 2. The second kappa shape index (κ2) is 9.32. The SMILES string of the molecule is COc1cc(COC(=O)COc2ccc([N+](=O)[O-])cc2)ccc1OC(F)F. The molecular weight excluding hydrogens is 368 g/mol. The minimum absolute atomic E-state index is 0.0750. The Morgan fingerprint density at radius 1 is 1.15 bits per heavy atom. The lowest BCUT2D eigenvalue weighted by molar-refractivity contribution is -0.384. The molecule has 0 bridgehead atoms. The molecule has 0 aliphatic heterocycles. The maximum atomic E-state index is 12.3. The summed E-state index contributed by atoms with van der Waals surface area (Å²) in [5.74, 6) is -0.469.